The molecule has 1 aliphatic rings. The molecule has 0 aromatic heterocycles. The van der Waals surface area contributed by atoms with Crippen molar-refractivity contribution in [2.24, 2.45) is 0 Å². The number of ether oxygens (including phenoxy) is 2. The highest BCUT2D eigenvalue weighted by atomic mass is 16.5. The third-order valence-corrected chi connectivity index (χ3v) is 3.77. The van der Waals surface area contributed by atoms with Crippen LogP contribution < -0.4 is 5.32 Å². The first kappa shape index (κ1) is 15.9. The molecule has 1 saturated heterocycles. The maximum Gasteiger partial charge on any atom is 0.307 e. The van der Waals surface area contributed by atoms with Crippen molar-refractivity contribution in [3.8, 4) is 0 Å². The predicted octanol–water partition coefficient (Wildman–Crippen LogP) is 1.42. The zero-order chi connectivity index (χ0) is 15.1. The fourth-order valence-electron chi connectivity index (χ4n) is 2.53. The molecule has 116 valence electrons. The number of hydrogen-bond donors (Lipinski definition) is 2. The molecule has 0 aliphatic carbocycles. The molecule has 1 aromatic rings. The molecule has 3 atom stereocenters. The van der Waals surface area contributed by atoms with Crippen LogP contribution in [0.5, 0.6) is 0 Å². The summed E-state index contributed by atoms with van der Waals surface area (Å²) < 4.78 is 10.3. The second-order valence-corrected chi connectivity index (χ2v) is 5.29. The van der Waals surface area contributed by atoms with Gasteiger partial charge in [-0.05, 0) is 18.4 Å². The van der Waals surface area contributed by atoms with E-state index >= 15 is 0 Å². The summed E-state index contributed by atoms with van der Waals surface area (Å²) in [7, 11) is 1.36. The molecule has 3 unspecified atom stereocenters. The fraction of sp³-hybridized carbons (Fsp3) is 0.562. The third kappa shape index (κ3) is 4.81. The van der Waals surface area contributed by atoms with Crippen LogP contribution >= 0.6 is 0 Å². The Morgan fingerprint density at radius 2 is 2.24 bits per heavy atom. The van der Waals surface area contributed by atoms with Crippen LogP contribution in [0, 0.1) is 0 Å². The van der Waals surface area contributed by atoms with Crippen LogP contribution in [0.25, 0.3) is 0 Å². The van der Waals surface area contributed by atoms with Crippen molar-refractivity contribution in [1.82, 2.24) is 5.32 Å². The number of esters is 1. The van der Waals surface area contributed by atoms with Gasteiger partial charge in [0.05, 0.1) is 25.7 Å². The van der Waals surface area contributed by atoms with Crippen LogP contribution in [-0.2, 0) is 14.3 Å². The molecule has 1 heterocycles. The summed E-state index contributed by atoms with van der Waals surface area (Å²) in [6, 6.07) is 8.95. The molecule has 1 fully saturated rings. The first-order valence-corrected chi connectivity index (χ1v) is 7.35. The van der Waals surface area contributed by atoms with Gasteiger partial charge in [0.15, 0.2) is 0 Å². The fourth-order valence-corrected chi connectivity index (χ4v) is 2.53. The van der Waals surface area contributed by atoms with Gasteiger partial charge < -0.3 is 19.9 Å². The molecule has 0 saturated carbocycles. The van der Waals surface area contributed by atoms with Crippen molar-refractivity contribution in [2.45, 2.75) is 37.5 Å². The number of hydrogen-bond acceptors (Lipinski definition) is 5. The lowest BCUT2D eigenvalue weighted by atomic mass is 9.99. The van der Waals surface area contributed by atoms with Crippen LogP contribution in [0.4, 0.5) is 0 Å². The van der Waals surface area contributed by atoms with Gasteiger partial charge in [-0.1, -0.05) is 30.3 Å². The van der Waals surface area contributed by atoms with E-state index < -0.39 is 6.10 Å². The lowest BCUT2D eigenvalue weighted by molar-refractivity contribution is -0.142. The Morgan fingerprint density at radius 1 is 1.48 bits per heavy atom. The van der Waals surface area contributed by atoms with E-state index in [0.29, 0.717) is 6.54 Å². The van der Waals surface area contributed by atoms with Gasteiger partial charge in [-0.2, -0.15) is 0 Å². The van der Waals surface area contributed by atoms with Gasteiger partial charge in [0.25, 0.3) is 0 Å². The molecule has 2 N–H and O–H groups in total. The van der Waals surface area contributed by atoms with Crippen molar-refractivity contribution < 1.29 is 19.4 Å². The average Bonchev–Trinajstić information content (AvgIpc) is 3.04. The third-order valence-electron chi connectivity index (χ3n) is 3.77. The molecule has 0 bridgehead atoms. The zero-order valence-corrected chi connectivity index (χ0v) is 12.3. The summed E-state index contributed by atoms with van der Waals surface area (Å²) in [5.74, 6) is -0.338. The second kappa shape index (κ2) is 8.12. The van der Waals surface area contributed by atoms with Gasteiger partial charge in [0.1, 0.15) is 0 Å². The Labute approximate surface area is 125 Å². The van der Waals surface area contributed by atoms with E-state index in [2.05, 4.69) is 5.32 Å². The van der Waals surface area contributed by atoms with Gasteiger partial charge in [0, 0.05) is 19.2 Å². The molecular weight excluding hydrogens is 270 g/mol. The number of rotatable bonds is 7. The number of methoxy groups -OCH3 is 1. The summed E-state index contributed by atoms with van der Waals surface area (Å²) in [4.78, 5) is 11.5. The molecule has 21 heavy (non-hydrogen) atoms. The number of benzene rings is 1. The Bertz CT molecular complexity index is 431. The van der Waals surface area contributed by atoms with E-state index in [4.69, 9.17) is 9.47 Å². The highest BCUT2D eigenvalue weighted by Crippen LogP contribution is 2.20. The maximum absolute atomic E-state index is 11.5. The van der Waals surface area contributed by atoms with Gasteiger partial charge in [0.2, 0.25) is 0 Å². The van der Waals surface area contributed by atoms with Crippen molar-refractivity contribution in [3.05, 3.63) is 35.9 Å². The van der Waals surface area contributed by atoms with Gasteiger partial charge in [-0.25, -0.2) is 0 Å². The molecule has 1 aromatic carbocycles. The molecule has 2 rings (SSSR count). The highest BCUT2D eigenvalue weighted by molar-refractivity contribution is 5.70. The zero-order valence-electron chi connectivity index (χ0n) is 12.3. The predicted molar refractivity (Wildman–Crippen MR) is 78.8 cm³/mol. The first-order valence-electron chi connectivity index (χ1n) is 7.35. The molecular formula is C16H23NO4. The number of aliphatic hydroxyl groups excluding tert-OH is 1. The molecule has 1 aliphatic heterocycles. The summed E-state index contributed by atoms with van der Waals surface area (Å²) in [6.45, 7) is 1.42. The maximum atomic E-state index is 11.5. The minimum atomic E-state index is -0.758. The van der Waals surface area contributed by atoms with Crippen LogP contribution in [-0.4, -0.2) is 43.5 Å². The van der Waals surface area contributed by atoms with Crippen molar-refractivity contribution >= 4 is 5.97 Å². The molecule has 0 spiro atoms. The standard InChI is InChI=1S/C16H23NO4/c1-20-15(18)10-14(17-11-13-8-5-9-21-13)16(19)12-6-3-2-4-7-12/h2-4,6-7,13-14,16-17,19H,5,8-11H2,1H3. The number of carbonyl (C=O) groups is 1. The lowest BCUT2D eigenvalue weighted by Gasteiger charge is -2.25. The SMILES string of the molecule is COC(=O)CC(NCC1CCCO1)C(O)c1ccccc1. The first-order chi connectivity index (χ1) is 10.2. The van der Waals surface area contributed by atoms with E-state index in [1.165, 1.54) is 7.11 Å². The van der Waals surface area contributed by atoms with Gasteiger partial charge >= 0.3 is 5.97 Å². The monoisotopic (exact) mass is 293 g/mol. The molecule has 0 amide bonds. The van der Waals surface area contributed by atoms with E-state index in [9.17, 15) is 9.90 Å². The highest BCUT2D eigenvalue weighted by Gasteiger charge is 2.25. The van der Waals surface area contributed by atoms with Crippen molar-refractivity contribution in [2.75, 3.05) is 20.3 Å². The summed E-state index contributed by atoms with van der Waals surface area (Å²) >= 11 is 0. The van der Waals surface area contributed by atoms with Crippen molar-refractivity contribution in [1.29, 1.82) is 0 Å². The quantitative estimate of drug-likeness (QED) is 0.744. The van der Waals surface area contributed by atoms with Gasteiger partial charge in [-0.15, -0.1) is 0 Å². The normalized spacial score (nSPS) is 21.0. The number of aliphatic hydroxyl groups is 1. The van der Waals surface area contributed by atoms with Crippen LogP contribution in [0.15, 0.2) is 30.3 Å². The second-order valence-electron chi connectivity index (χ2n) is 5.29. The van der Waals surface area contributed by atoms with Crippen LogP contribution in [0.2, 0.25) is 0 Å². The van der Waals surface area contributed by atoms with Crippen LogP contribution in [0.3, 0.4) is 0 Å². The topological polar surface area (TPSA) is 67.8 Å². The van der Waals surface area contributed by atoms with Crippen LogP contribution in [0.1, 0.15) is 30.9 Å². The molecule has 0 radical (unpaired) electrons. The number of nitrogens with one attached hydrogen (secondary N) is 1. The summed E-state index contributed by atoms with van der Waals surface area (Å²) in [5, 5.41) is 13.7. The number of carbonyl (C=O) groups excluding carboxylic acids is 1. The van der Waals surface area contributed by atoms with E-state index in [1.807, 2.05) is 30.3 Å². The summed E-state index contributed by atoms with van der Waals surface area (Å²) in [6.07, 6.45) is 1.60. The largest absolute Gasteiger partial charge is 0.469 e. The van der Waals surface area contributed by atoms with Gasteiger partial charge in [-0.3, -0.25) is 4.79 Å². The Balaban J connectivity index is 1.98. The Morgan fingerprint density at radius 3 is 2.86 bits per heavy atom. The smallest absolute Gasteiger partial charge is 0.307 e. The molecule has 5 heteroatoms. The Hall–Kier alpha value is -1.43. The molecule has 5 nitrogen and oxygen atoms in total. The Kier molecular flexibility index (Phi) is 6.17. The summed E-state index contributed by atoms with van der Waals surface area (Å²) in [5.41, 5.74) is 0.784. The minimum absolute atomic E-state index is 0.124. The van der Waals surface area contributed by atoms with E-state index in [1.54, 1.807) is 0 Å². The van der Waals surface area contributed by atoms with E-state index in [0.717, 1.165) is 25.0 Å². The van der Waals surface area contributed by atoms with E-state index in [-0.39, 0.29) is 24.5 Å². The van der Waals surface area contributed by atoms with Crippen molar-refractivity contribution in [3.63, 3.8) is 0 Å². The minimum Gasteiger partial charge on any atom is -0.469 e. The average molecular weight is 293 g/mol. The lowest BCUT2D eigenvalue weighted by Crippen LogP contribution is -2.41.